The first kappa shape index (κ1) is 21.4. The van der Waals surface area contributed by atoms with Crippen LogP contribution < -0.4 is 5.32 Å². The van der Waals surface area contributed by atoms with Gasteiger partial charge in [0.25, 0.3) is 0 Å². The molecule has 2 saturated heterocycles. The van der Waals surface area contributed by atoms with Gasteiger partial charge in [0.15, 0.2) is 0 Å². The highest BCUT2D eigenvalue weighted by Crippen LogP contribution is 2.62. The summed E-state index contributed by atoms with van der Waals surface area (Å²) < 4.78 is 0. The first-order valence-electron chi connectivity index (χ1n) is 11.4. The average Bonchev–Trinajstić information content (AvgIpc) is 3.35. The van der Waals surface area contributed by atoms with Gasteiger partial charge in [0.2, 0.25) is 5.91 Å². The van der Waals surface area contributed by atoms with Crippen LogP contribution in [0.1, 0.15) is 38.5 Å². The molecule has 29 heavy (non-hydrogen) atoms. The Balaban J connectivity index is 0.00000205. The highest BCUT2D eigenvalue weighted by atomic mass is 35.5. The number of nitrogens with one attached hydrogen (secondary N) is 1. The van der Waals surface area contributed by atoms with Crippen LogP contribution in [-0.4, -0.2) is 85.0 Å². The molecule has 1 N–H and O–H groups in total. The molecule has 0 spiro atoms. The van der Waals surface area contributed by atoms with Crippen molar-refractivity contribution in [3.05, 3.63) is 0 Å². The number of hydrogen-bond acceptors (Lipinski definition) is 5. The van der Waals surface area contributed by atoms with E-state index in [1.54, 1.807) is 4.90 Å². The zero-order chi connectivity index (χ0) is 19.3. The number of carbonyl (C=O) groups excluding carboxylic acids is 1. The number of likely N-dealkylation sites (tertiary alicyclic amines) is 1. The molecule has 2 aliphatic heterocycles. The van der Waals surface area contributed by atoms with Crippen molar-refractivity contribution in [3.63, 3.8) is 0 Å². The maximum atomic E-state index is 12.7. The van der Waals surface area contributed by atoms with Gasteiger partial charge >= 0.3 is 0 Å². The van der Waals surface area contributed by atoms with Crippen molar-refractivity contribution < 1.29 is 4.79 Å². The van der Waals surface area contributed by atoms with E-state index in [9.17, 15) is 10.1 Å². The summed E-state index contributed by atoms with van der Waals surface area (Å²) in [5.74, 6) is 3.47. The van der Waals surface area contributed by atoms with E-state index in [1.165, 1.54) is 58.4 Å². The lowest BCUT2D eigenvalue weighted by Crippen LogP contribution is -2.53. The lowest BCUT2D eigenvalue weighted by atomic mass is 9.70. The topological polar surface area (TPSA) is 62.6 Å². The van der Waals surface area contributed by atoms with Gasteiger partial charge in [0.1, 0.15) is 6.04 Å². The molecule has 7 heteroatoms. The zero-order valence-electron chi connectivity index (χ0n) is 17.7. The smallest absolute Gasteiger partial charge is 0.237 e. The van der Waals surface area contributed by atoms with E-state index in [1.807, 2.05) is 0 Å². The summed E-state index contributed by atoms with van der Waals surface area (Å²) in [6.07, 6.45) is 7.06. The Morgan fingerprint density at radius 1 is 1.14 bits per heavy atom. The van der Waals surface area contributed by atoms with Crippen LogP contribution in [0.3, 0.4) is 0 Å². The van der Waals surface area contributed by atoms with Gasteiger partial charge in [-0.2, -0.15) is 5.26 Å². The number of piperazine rings is 1. The highest BCUT2D eigenvalue weighted by molar-refractivity contribution is 5.85. The third-order valence-electron chi connectivity index (χ3n) is 8.80. The second-order valence-electron chi connectivity index (χ2n) is 10.2. The molecule has 2 unspecified atom stereocenters. The van der Waals surface area contributed by atoms with Crippen LogP contribution in [0.4, 0.5) is 0 Å². The molecular weight excluding hydrogens is 386 g/mol. The van der Waals surface area contributed by atoms with Crippen molar-refractivity contribution >= 4 is 18.3 Å². The standard InChI is InChI=1S/C22H35N5O.ClH/c1-25-5-7-26(8-6-25)15-20-16-9-18-10-17(20)12-22(18,11-16)24-14-21(28)27-4-2-3-19(27)13-23;/h16-20,24H,2-12,14-15H2,1H3;1H/t16?,17?,18?,19-,20?,22?;/m0./s1. The Labute approximate surface area is 181 Å². The maximum absolute atomic E-state index is 12.7. The summed E-state index contributed by atoms with van der Waals surface area (Å²) in [7, 11) is 2.23. The highest BCUT2D eigenvalue weighted by Gasteiger charge is 2.61. The Hall–Kier alpha value is -0.870. The fraction of sp³-hybridized carbons (Fsp3) is 0.909. The minimum absolute atomic E-state index is 0. The van der Waals surface area contributed by atoms with Crippen LogP contribution in [0.15, 0.2) is 0 Å². The quantitative estimate of drug-likeness (QED) is 0.730. The summed E-state index contributed by atoms with van der Waals surface area (Å²) in [4.78, 5) is 19.7. The number of likely N-dealkylation sites (N-methyl/N-ethyl adjacent to an activating group) is 1. The van der Waals surface area contributed by atoms with Crippen molar-refractivity contribution in [3.8, 4) is 6.07 Å². The molecule has 6 nitrogen and oxygen atoms in total. The second-order valence-corrected chi connectivity index (χ2v) is 10.2. The molecule has 2 heterocycles. The van der Waals surface area contributed by atoms with Gasteiger partial charge in [-0.25, -0.2) is 0 Å². The molecule has 1 amide bonds. The Morgan fingerprint density at radius 2 is 1.83 bits per heavy atom. The van der Waals surface area contributed by atoms with Gasteiger partial charge in [0, 0.05) is 44.8 Å². The predicted octanol–water partition coefficient (Wildman–Crippen LogP) is 1.56. The largest absolute Gasteiger partial charge is 0.326 e. The van der Waals surface area contributed by atoms with Crippen molar-refractivity contribution in [2.75, 3.05) is 52.9 Å². The van der Waals surface area contributed by atoms with Gasteiger partial charge in [-0.1, -0.05) is 0 Å². The van der Waals surface area contributed by atoms with E-state index in [2.05, 4.69) is 28.2 Å². The van der Waals surface area contributed by atoms with Crippen LogP contribution in [0.5, 0.6) is 0 Å². The number of amides is 1. The summed E-state index contributed by atoms with van der Waals surface area (Å²) in [5, 5.41) is 13.0. The SMILES string of the molecule is CN1CCN(CC2C3CC4CC2CC4(NCC(=O)N2CCC[C@H]2C#N)C3)CC1.Cl. The lowest BCUT2D eigenvalue weighted by Gasteiger charge is -2.43. The molecule has 4 saturated carbocycles. The Kier molecular flexibility index (Phi) is 6.14. The predicted molar refractivity (Wildman–Crippen MR) is 115 cm³/mol. The first-order valence-corrected chi connectivity index (χ1v) is 11.4. The van der Waals surface area contributed by atoms with Gasteiger partial charge < -0.3 is 20.0 Å². The summed E-state index contributed by atoms with van der Waals surface area (Å²) in [6.45, 7) is 7.34. The van der Waals surface area contributed by atoms with E-state index >= 15 is 0 Å². The third kappa shape index (κ3) is 3.80. The second kappa shape index (κ2) is 8.34. The van der Waals surface area contributed by atoms with E-state index in [0.717, 1.165) is 43.1 Å². The molecular formula is C22H36ClN5O. The monoisotopic (exact) mass is 421 g/mol. The molecule has 4 bridgehead atoms. The molecule has 6 fully saturated rings. The van der Waals surface area contributed by atoms with Crippen molar-refractivity contribution in [2.45, 2.75) is 50.1 Å². The molecule has 6 rings (SSSR count). The minimum Gasteiger partial charge on any atom is -0.326 e. The number of nitrogens with zero attached hydrogens (tertiary/aromatic N) is 4. The molecule has 4 aliphatic carbocycles. The lowest BCUT2D eigenvalue weighted by molar-refractivity contribution is -0.130. The van der Waals surface area contributed by atoms with E-state index in [0.29, 0.717) is 6.54 Å². The number of nitriles is 1. The van der Waals surface area contributed by atoms with Crippen molar-refractivity contribution in [1.82, 2.24) is 20.0 Å². The summed E-state index contributed by atoms with van der Waals surface area (Å²) in [6, 6.07) is 2.10. The summed E-state index contributed by atoms with van der Waals surface area (Å²) in [5.41, 5.74) is 0.214. The normalized spacial score (nSPS) is 41.5. The third-order valence-corrected chi connectivity index (χ3v) is 8.80. The number of rotatable bonds is 5. The van der Waals surface area contributed by atoms with Crippen LogP contribution in [0.2, 0.25) is 0 Å². The molecule has 6 aliphatic rings. The first-order chi connectivity index (χ1) is 13.6. The maximum Gasteiger partial charge on any atom is 0.237 e. The molecule has 0 radical (unpaired) electrons. The summed E-state index contributed by atoms with van der Waals surface area (Å²) >= 11 is 0. The number of carbonyl (C=O) groups is 1. The fourth-order valence-corrected chi connectivity index (χ4v) is 7.30. The Morgan fingerprint density at radius 3 is 2.48 bits per heavy atom. The van der Waals surface area contributed by atoms with Crippen LogP contribution in [-0.2, 0) is 4.79 Å². The molecule has 0 aromatic rings. The van der Waals surface area contributed by atoms with Gasteiger partial charge in [-0.3, -0.25) is 4.79 Å². The molecule has 3 atom stereocenters. The van der Waals surface area contributed by atoms with E-state index < -0.39 is 0 Å². The molecule has 0 aromatic carbocycles. The van der Waals surface area contributed by atoms with E-state index in [-0.39, 0.29) is 29.9 Å². The fourth-order valence-electron chi connectivity index (χ4n) is 7.30. The number of hydrogen-bond donors (Lipinski definition) is 1. The average molecular weight is 422 g/mol. The molecule has 0 aromatic heterocycles. The van der Waals surface area contributed by atoms with Crippen LogP contribution >= 0.6 is 12.4 Å². The van der Waals surface area contributed by atoms with Gasteiger partial charge in [0.05, 0.1) is 12.6 Å². The van der Waals surface area contributed by atoms with Gasteiger partial charge in [-0.15, -0.1) is 12.4 Å². The Bertz CT molecular complexity index is 642. The van der Waals surface area contributed by atoms with Crippen molar-refractivity contribution in [1.29, 1.82) is 5.26 Å². The van der Waals surface area contributed by atoms with Crippen LogP contribution in [0.25, 0.3) is 0 Å². The van der Waals surface area contributed by atoms with Gasteiger partial charge in [-0.05, 0) is 69.2 Å². The zero-order valence-corrected chi connectivity index (χ0v) is 18.5. The van der Waals surface area contributed by atoms with E-state index in [4.69, 9.17) is 0 Å². The van der Waals surface area contributed by atoms with Crippen molar-refractivity contribution in [2.24, 2.45) is 23.7 Å². The molecule has 162 valence electrons. The van der Waals surface area contributed by atoms with Crippen LogP contribution in [0, 0.1) is 35.0 Å². The number of halogens is 1. The minimum atomic E-state index is -0.198.